The summed E-state index contributed by atoms with van der Waals surface area (Å²) in [5, 5.41) is 1.75. The van der Waals surface area contributed by atoms with Crippen LogP contribution in [0.4, 0.5) is 0 Å². The van der Waals surface area contributed by atoms with E-state index in [0.717, 1.165) is 5.56 Å². The lowest BCUT2D eigenvalue weighted by atomic mass is 10.2. The van der Waals surface area contributed by atoms with Crippen molar-refractivity contribution in [1.82, 2.24) is 0 Å². The maximum Gasteiger partial charge on any atom is 0.308 e. The van der Waals surface area contributed by atoms with E-state index in [2.05, 4.69) is 15.9 Å². The van der Waals surface area contributed by atoms with Gasteiger partial charge in [-0.25, -0.2) is 0 Å². The number of ether oxygens (including phenoxy) is 2. The van der Waals surface area contributed by atoms with Gasteiger partial charge in [0, 0.05) is 12.3 Å². The lowest BCUT2D eigenvalue weighted by Gasteiger charge is -2.08. The SMILES string of the molecule is COc1cc(/C=C/[CH]Br)ccc1OC(C)=O. The molecule has 3 nitrogen and oxygen atoms in total. The fourth-order valence-electron chi connectivity index (χ4n) is 1.17. The zero-order valence-electron chi connectivity index (χ0n) is 9.07. The van der Waals surface area contributed by atoms with Crippen LogP contribution in [0.1, 0.15) is 12.5 Å². The van der Waals surface area contributed by atoms with Gasteiger partial charge < -0.3 is 9.47 Å². The van der Waals surface area contributed by atoms with E-state index >= 15 is 0 Å². The molecular weight excluding hydrogens is 272 g/mol. The van der Waals surface area contributed by atoms with Crippen LogP contribution in [0.3, 0.4) is 0 Å². The Morgan fingerprint density at radius 3 is 2.69 bits per heavy atom. The summed E-state index contributed by atoms with van der Waals surface area (Å²) in [6.07, 6.45) is 3.75. The van der Waals surface area contributed by atoms with Gasteiger partial charge in [-0.15, -0.1) is 0 Å². The first-order valence-electron chi connectivity index (χ1n) is 4.64. The molecule has 0 aliphatic rings. The molecule has 0 saturated heterocycles. The van der Waals surface area contributed by atoms with Gasteiger partial charge in [-0.2, -0.15) is 0 Å². The van der Waals surface area contributed by atoms with Crippen molar-refractivity contribution in [3.63, 3.8) is 0 Å². The van der Waals surface area contributed by atoms with E-state index < -0.39 is 0 Å². The maximum absolute atomic E-state index is 10.8. The zero-order valence-corrected chi connectivity index (χ0v) is 10.7. The minimum Gasteiger partial charge on any atom is -0.493 e. The lowest BCUT2D eigenvalue weighted by molar-refractivity contribution is -0.132. The molecule has 0 aliphatic heterocycles. The maximum atomic E-state index is 10.8. The van der Waals surface area contributed by atoms with Crippen LogP contribution in [0.25, 0.3) is 6.08 Å². The molecule has 0 aromatic heterocycles. The van der Waals surface area contributed by atoms with E-state index in [4.69, 9.17) is 9.47 Å². The average Bonchev–Trinajstić information content (AvgIpc) is 2.27. The van der Waals surface area contributed by atoms with Crippen molar-refractivity contribution in [1.29, 1.82) is 0 Å². The van der Waals surface area contributed by atoms with Crippen molar-refractivity contribution in [2.24, 2.45) is 0 Å². The van der Waals surface area contributed by atoms with Crippen molar-refractivity contribution < 1.29 is 14.3 Å². The standard InChI is InChI=1S/C12H12BrO3/c1-9(14)16-11-6-5-10(4-3-7-13)8-12(11)15-2/h3-8H,1-2H3/b4-3+. The van der Waals surface area contributed by atoms with Gasteiger partial charge in [0.2, 0.25) is 0 Å². The Hall–Kier alpha value is -1.29. The van der Waals surface area contributed by atoms with Crippen LogP contribution in [0, 0.1) is 5.33 Å². The quantitative estimate of drug-likeness (QED) is 0.629. The molecular formula is C12H12BrO3. The molecule has 16 heavy (non-hydrogen) atoms. The second-order valence-electron chi connectivity index (χ2n) is 2.99. The van der Waals surface area contributed by atoms with Crippen LogP contribution in [-0.2, 0) is 4.79 Å². The van der Waals surface area contributed by atoms with Crippen molar-refractivity contribution in [2.45, 2.75) is 6.92 Å². The Morgan fingerprint density at radius 2 is 2.12 bits per heavy atom. The van der Waals surface area contributed by atoms with Gasteiger partial charge in [-0.3, -0.25) is 4.79 Å². The van der Waals surface area contributed by atoms with Crippen LogP contribution in [-0.4, -0.2) is 13.1 Å². The summed E-state index contributed by atoms with van der Waals surface area (Å²) in [4.78, 5) is 10.8. The molecule has 85 valence electrons. The minimum absolute atomic E-state index is 0.365. The summed E-state index contributed by atoms with van der Waals surface area (Å²) in [5.74, 6) is 0.595. The summed E-state index contributed by atoms with van der Waals surface area (Å²) >= 11 is 3.18. The zero-order chi connectivity index (χ0) is 12.0. The molecule has 0 unspecified atom stereocenters. The number of halogens is 1. The van der Waals surface area contributed by atoms with Crippen LogP contribution < -0.4 is 9.47 Å². The Bertz CT molecular complexity index is 399. The fraction of sp³-hybridized carbons (Fsp3) is 0.167. The van der Waals surface area contributed by atoms with Crippen LogP contribution >= 0.6 is 15.9 Å². The Labute approximate surface area is 103 Å². The minimum atomic E-state index is -0.365. The first kappa shape index (κ1) is 12.8. The van der Waals surface area contributed by atoms with Crippen molar-refractivity contribution in [2.75, 3.05) is 7.11 Å². The molecule has 0 bridgehead atoms. The summed E-state index contributed by atoms with van der Waals surface area (Å²) < 4.78 is 10.1. The molecule has 0 atom stereocenters. The molecule has 1 aromatic carbocycles. The monoisotopic (exact) mass is 283 g/mol. The van der Waals surface area contributed by atoms with Crippen molar-refractivity contribution >= 4 is 28.0 Å². The molecule has 0 saturated carbocycles. The Morgan fingerprint density at radius 1 is 1.38 bits per heavy atom. The van der Waals surface area contributed by atoms with Gasteiger partial charge in [0.15, 0.2) is 11.5 Å². The molecule has 0 amide bonds. The highest BCUT2D eigenvalue weighted by Crippen LogP contribution is 2.28. The summed E-state index contributed by atoms with van der Waals surface area (Å²) in [6.45, 7) is 1.35. The van der Waals surface area contributed by atoms with Gasteiger partial charge in [-0.05, 0) is 17.7 Å². The molecule has 1 aromatic rings. The molecule has 0 spiro atoms. The molecule has 0 heterocycles. The van der Waals surface area contributed by atoms with E-state index in [0.29, 0.717) is 11.5 Å². The van der Waals surface area contributed by atoms with Gasteiger partial charge in [0.1, 0.15) is 0 Å². The normalized spacial score (nSPS) is 10.4. The third-order valence-corrected chi connectivity index (χ3v) is 2.11. The summed E-state index contributed by atoms with van der Waals surface area (Å²) in [5.41, 5.74) is 0.962. The Kier molecular flexibility index (Phi) is 5.05. The first-order valence-corrected chi connectivity index (χ1v) is 5.55. The smallest absolute Gasteiger partial charge is 0.308 e. The second kappa shape index (κ2) is 6.33. The van der Waals surface area contributed by atoms with Gasteiger partial charge in [0.05, 0.1) is 7.11 Å². The number of carbonyl (C=O) groups excluding carboxylic acids is 1. The third kappa shape index (κ3) is 3.70. The summed E-state index contributed by atoms with van der Waals surface area (Å²) in [7, 11) is 1.53. The molecule has 1 radical (unpaired) electrons. The second-order valence-corrected chi connectivity index (χ2v) is 3.52. The van der Waals surface area contributed by atoms with Gasteiger partial charge >= 0.3 is 5.97 Å². The predicted octanol–water partition coefficient (Wildman–Crippen LogP) is 3.19. The van der Waals surface area contributed by atoms with E-state index in [1.54, 1.807) is 17.5 Å². The van der Waals surface area contributed by atoms with Crippen LogP contribution in [0.5, 0.6) is 11.5 Å². The molecule has 0 fully saturated rings. The largest absolute Gasteiger partial charge is 0.493 e. The highest BCUT2D eigenvalue weighted by Gasteiger charge is 2.06. The fourth-order valence-corrected chi connectivity index (χ4v) is 1.33. The highest BCUT2D eigenvalue weighted by molar-refractivity contribution is 9.10. The van der Waals surface area contributed by atoms with Gasteiger partial charge in [-0.1, -0.05) is 34.1 Å². The number of methoxy groups -OCH3 is 1. The molecule has 1 rings (SSSR count). The van der Waals surface area contributed by atoms with Gasteiger partial charge in [0.25, 0.3) is 0 Å². The van der Waals surface area contributed by atoms with E-state index in [9.17, 15) is 4.79 Å². The summed E-state index contributed by atoms with van der Waals surface area (Å²) in [6, 6.07) is 5.34. The number of esters is 1. The number of rotatable bonds is 4. The number of benzene rings is 1. The van der Waals surface area contributed by atoms with Crippen molar-refractivity contribution in [3.05, 3.63) is 35.2 Å². The lowest BCUT2D eigenvalue weighted by Crippen LogP contribution is -2.02. The Balaban J connectivity index is 2.96. The van der Waals surface area contributed by atoms with E-state index in [1.807, 2.05) is 18.2 Å². The number of hydrogen-bond donors (Lipinski definition) is 0. The first-order chi connectivity index (χ1) is 7.67. The third-order valence-electron chi connectivity index (χ3n) is 1.80. The number of hydrogen-bond acceptors (Lipinski definition) is 3. The van der Waals surface area contributed by atoms with Crippen LogP contribution in [0.2, 0.25) is 0 Å². The predicted molar refractivity (Wildman–Crippen MR) is 66.6 cm³/mol. The number of allylic oxidation sites excluding steroid dienone is 1. The average molecular weight is 284 g/mol. The molecule has 0 aliphatic carbocycles. The number of carbonyl (C=O) groups is 1. The van der Waals surface area contributed by atoms with Crippen LogP contribution in [0.15, 0.2) is 24.3 Å². The van der Waals surface area contributed by atoms with E-state index in [1.165, 1.54) is 14.0 Å². The molecule has 4 heteroatoms. The molecule has 0 N–H and O–H groups in total. The highest BCUT2D eigenvalue weighted by atomic mass is 79.9. The topological polar surface area (TPSA) is 35.5 Å². The van der Waals surface area contributed by atoms with E-state index in [-0.39, 0.29) is 5.97 Å². The van der Waals surface area contributed by atoms with Crippen molar-refractivity contribution in [3.8, 4) is 11.5 Å².